The maximum atomic E-state index is 11.5. The number of hydrogen-bond donors (Lipinski definition) is 1. The lowest BCUT2D eigenvalue weighted by Gasteiger charge is -2.39. The molecule has 1 saturated carbocycles. The van der Waals surface area contributed by atoms with Gasteiger partial charge < -0.3 is 10.1 Å². The average Bonchev–Trinajstić information content (AvgIpc) is 2.18. The van der Waals surface area contributed by atoms with Crippen LogP contribution in [0.3, 0.4) is 0 Å². The molecule has 3 nitrogen and oxygen atoms in total. The van der Waals surface area contributed by atoms with Crippen LogP contribution in [0.25, 0.3) is 0 Å². The Morgan fingerprint density at radius 3 is 2.67 bits per heavy atom. The average molecular weight is 234 g/mol. The lowest BCUT2D eigenvalue weighted by atomic mass is 9.77. The molecule has 0 aromatic heterocycles. The Bertz CT molecular complexity index is 199. The van der Waals surface area contributed by atoms with Gasteiger partial charge in [0.2, 0.25) is 5.91 Å². The van der Waals surface area contributed by atoms with Crippen molar-refractivity contribution >= 4 is 17.5 Å². The fraction of sp³-hybridized carbons (Fsp3) is 0.909. The van der Waals surface area contributed by atoms with E-state index in [0.29, 0.717) is 12.3 Å². The third kappa shape index (κ3) is 3.99. The summed E-state index contributed by atoms with van der Waals surface area (Å²) in [7, 11) is 1.69. The molecule has 0 bridgehead atoms. The molecule has 1 rings (SSSR count). The van der Waals surface area contributed by atoms with Gasteiger partial charge in [0.05, 0.1) is 12.0 Å². The van der Waals surface area contributed by atoms with Gasteiger partial charge in [-0.1, -0.05) is 0 Å². The number of carbonyl (C=O) groups excluding carboxylic acids is 1. The molecule has 0 aromatic carbocycles. The van der Waals surface area contributed by atoms with Crippen LogP contribution in [-0.4, -0.2) is 31.0 Å². The first-order valence-corrected chi connectivity index (χ1v) is 6.14. The maximum Gasteiger partial charge on any atom is 0.222 e. The van der Waals surface area contributed by atoms with E-state index in [1.807, 2.05) is 0 Å². The Morgan fingerprint density at radius 2 is 2.20 bits per heavy atom. The van der Waals surface area contributed by atoms with Crippen LogP contribution in [0.5, 0.6) is 0 Å². The van der Waals surface area contributed by atoms with E-state index < -0.39 is 0 Å². The maximum absolute atomic E-state index is 11.5. The van der Waals surface area contributed by atoms with Gasteiger partial charge in [0.1, 0.15) is 0 Å². The summed E-state index contributed by atoms with van der Waals surface area (Å²) < 4.78 is 5.39. The number of alkyl halides is 1. The van der Waals surface area contributed by atoms with Crippen molar-refractivity contribution in [2.45, 2.75) is 44.1 Å². The van der Waals surface area contributed by atoms with Gasteiger partial charge in [0.15, 0.2) is 0 Å². The molecule has 0 atom stereocenters. The predicted octanol–water partition coefficient (Wildman–Crippen LogP) is 2.08. The first kappa shape index (κ1) is 12.8. The van der Waals surface area contributed by atoms with E-state index in [4.69, 9.17) is 16.3 Å². The summed E-state index contributed by atoms with van der Waals surface area (Å²) in [5.74, 6) is 0.767. The minimum absolute atomic E-state index is 0.103. The van der Waals surface area contributed by atoms with E-state index in [-0.39, 0.29) is 11.5 Å². The minimum Gasteiger partial charge on any atom is -0.378 e. The van der Waals surface area contributed by atoms with Gasteiger partial charge in [0, 0.05) is 19.5 Å². The highest BCUT2D eigenvalue weighted by Gasteiger charge is 2.38. The van der Waals surface area contributed by atoms with Crippen molar-refractivity contribution in [3.63, 3.8) is 0 Å². The fourth-order valence-corrected chi connectivity index (χ4v) is 2.02. The third-order valence-corrected chi connectivity index (χ3v) is 3.33. The van der Waals surface area contributed by atoms with Crippen LogP contribution in [-0.2, 0) is 9.53 Å². The van der Waals surface area contributed by atoms with E-state index in [1.54, 1.807) is 7.11 Å². The Kier molecular flexibility index (Phi) is 5.40. The standard InChI is InChI=1S/C11H20ClNO2/c1-15-11(5-4-6-11)9-10(14)13-8-3-2-7-12/h2-9H2,1H3,(H,13,14). The first-order valence-electron chi connectivity index (χ1n) is 5.60. The Morgan fingerprint density at radius 1 is 1.47 bits per heavy atom. The van der Waals surface area contributed by atoms with Gasteiger partial charge in [-0.05, 0) is 32.1 Å². The molecule has 0 unspecified atom stereocenters. The third-order valence-electron chi connectivity index (χ3n) is 3.06. The molecule has 0 radical (unpaired) electrons. The van der Waals surface area contributed by atoms with E-state index in [0.717, 1.165) is 32.2 Å². The van der Waals surface area contributed by atoms with Gasteiger partial charge in [-0.2, -0.15) is 0 Å². The van der Waals surface area contributed by atoms with Crippen molar-refractivity contribution in [3.05, 3.63) is 0 Å². The molecule has 88 valence electrons. The van der Waals surface area contributed by atoms with E-state index >= 15 is 0 Å². The minimum atomic E-state index is -0.156. The van der Waals surface area contributed by atoms with Crippen molar-refractivity contribution in [1.29, 1.82) is 0 Å². The van der Waals surface area contributed by atoms with Crippen LogP contribution in [0.1, 0.15) is 38.5 Å². The van der Waals surface area contributed by atoms with Crippen LogP contribution in [0.4, 0.5) is 0 Å². The van der Waals surface area contributed by atoms with Gasteiger partial charge in [-0.3, -0.25) is 4.79 Å². The number of methoxy groups -OCH3 is 1. The van der Waals surface area contributed by atoms with Gasteiger partial charge in [0.25, 0.3) is 0 Å². The second kappa shape index (κ2) is 6.33. The number of nitrogens with one attached hydrogen (secondary N) is 1. The lowest BCUT2D eigenvalue weighted by molar-refractivity contribution is -0.134. The highest BCUT2D eigenvalue weighted by Crippen LogP contribution is 2.37. The zero-order valence-electron chi connectivity index (χ0n) is 9.35. The second-order valence-electron chi connectivity index (χ2n) is 4.16. The van der Waals surface area contributed by atoms with Crippen molar-refractivity contribution in [2.75, 3.05) is 19.5 Å². The molecule has 0 aliphatic heterocycles. The second-order valence-corrected chi connectivity index (χ2v) is 4.54. The summed E-state index contributed by atoms with van der Waals surface area (Å²) in [6, 6.07) is 0. The van der Waals surface area contributed by atoms with Crippen LogP contribution in [0, 0.1) is 0 Å². The summed E-state index contributed by atoms with van der Waals surface area (Å²) in [6.07, 6.45) is 5.61. The van der Waals surface area contributed by atoms with Crippen molar-refractivity contribution in [3.8, 4) is 0 Å². The molecule has 1 aliphatic carbocycles. The normalized spacial score (nSPS) is 18.3. The fourth-order valence-electron chi connectivity index (χ4n) is 1.83. The molecule has 0 aromatic rings. The molecular formula is C11H20ClNO2. The lowest BCUT2D eigenvalue weighted by Crippen LogP contribution is -2.44. The summed E-state index contributed by atoms with van der Waals surface area (Å²) in [5, 5.41) is 2.90. The molecule has 1 fully saturated rings. The van der Waals surface area contributed by atoms with Crippen LogP contribution < -0.4 is 5.32 Å². The summed E-state index contributed by atoms with van der Waals surface area (Å²) in [6.45, 7) is 0.728. The highest BCUT2D eigenvalue weighted by molar-refractivity contribution is 6.17. The topological polar surface area (TPSA) is 38.3 Å². The number of ether oxygens (including phenoxy) is 1. The molecule has 0 spiro atoms. The summed E-state index contributed by atoms with van der Waals surface area (Å²) in [4.78, 5) is 11.5. The van der Waals surface area contributed by atoms with Gasteiger partial charge in [-0.15, -0.1) is 11.6 Å². The number of halogens is 1. The summed E-state index contributed by atoms with van der Waals surface area (Å²) >= 11 is 5.54. The van der Waals surface area contributed by atoms with Crippen molar-refractivity contribution in [2.24, 2.45) is 0 Å². The Labute approximate surface area is 96.5 Å². The first-order chi connectivity index (χ1) is 7.22. The Hall–Kier alpha value is -0.280. The molecule has 15 heavy (non-hydrogen) atoms. The molecule has 0 saturated heterocycles. The molecule has 0 heterocycles. The molecule has 1 amide bonds. The number of unbranched alkanes of at least 4 members (excludes halogenated alkanes) is 1. The number of rotatable bonds is 7. The Balaban J connectivity index is 2.12. The largest absolute Gasteiger partial charge is 0.378 e. The monoisotopic (exact) mass is 233 g/mol. The number of amides is 1. The quantitative estimate of drug-likeness (QED) is 0.540. The van der Waals surface area contributed by atoms with Crippen LogP contribution in [0.2, 0.25) is 0 Å². The summed E-state index contributed by atoms with van der Waals surface area (Å²) in [5.41, 5.74) is -0.156. The van der Waals surface area contributed by atoms with Crippen molar-refractivity contribution < 1.29 is 9.53 Å². The van der Waals surface area contributed by atoms with Crippen LogP contribution >= 0.6 is 11.6 Å². The molecule has 4 heteroatoms. The van der Waals surface area contributed by atoms with E-state index in [9.17, 15) is 4.79 Å². The van der Waals surface area contributed by atoms with Gasteiger partial charge >= 0.3 is 0 Å². The number of carbonyl (C=O) groups is 1. The zero-order valence-corrected chi connectivity index (χ0v) is 10.1. The highest BCUT2D eigenvalue weighted by atomic mass is 35.5. The molecule has 1 N–H and O–H groups in total. The molecular weight excluding hydrogens is 214 g/mol. The van der Waals surface area contributed by atoms with Gasteiger partial charge in [-0.25, -0.2) is 0 Å². The predicted molar refractivity (Wildman–Crippen MR) is 61.2 cm³/mol. The zero-order chi connectivity index (χ0) is 11.1. The van der Waals surface area contributed by atoms with Crippen molar-refractivity contribution in [1.82, 2.24) is 5.32 Å². The smallest absolute Gasteiger partial charge is 0.222 e. The number of hydrogen-bond acceptors (Lipinski definition) is 2. The molecule has 1 aliphatic rings. The SMILES string of the molecule is COC1(CC(=O)NCCCCCl)CCC1. The van der Waals surface area contributed by atoms with Crippen LogP contribution in [0.15, 0.2) is 0 Å². The van der Waals surface area contributed by atoms with E-state index in [1.165, 1.54) is 6.42 Å². The van der Waals surface area contributed by atoms with E-state index in [2.05, 4.69) is 5.32 Å².